The van der Waals surface area contributed by atoms with Gasteiger partial charge in [0.25, 0.3) is 0 Å². The van der Waals surface area contributed by atoms with Crippen molar-refractivity contribution in [3.63, 3.8) is 0 Å². The number of rotatable bonds is 3. The van der Waals surface area contributed by atoms with Gasteiger partial charge in [0.05, 0.1) is 11.5 Å². The number of hydrogen-bond acceptors (Lipinski definition) is 7. The van der Waals surface area contributed by atoms with Crippen LogP contribution in [0, 0.1) is 0 Å². The van der Waals surface area contributed by atoms with E-state index in [0.29, 0.717) is 22.5 Å². The van der Waals surface area contributed by atoms with Gasteiger partial charge in [-0.25, -0.2) is 24.2 Å². The third-order valence-corrected chi connectivity index (χ3v) is 5.30. The summed E-state index contributed by atoms with van der Waals surface area (Å²) in [7, 11) is -2.94. The van der Waals surface area contributed by atoms with Crippen molar-refractivity contribution in [2.75, 3.05) is 22.2 Å². The molecule has 1 unspecified atom stereocenters. The number of sulfone groups is 1. The van der Waals surface area contributed by atoms with Gasteiger partial charge in [-0.1, -0.05) is 0 Å². The lowest BCUT2D eigenvalue weighted by Crippen LogP contribution is -2.35. The molecule has 0 aliphatic carbocycles. The molecule has 100 valence electrons. The van der Waals surface area contributed by atoms with Crippen LogP contribution in [0.2, 0.25) is 0 Å². The molecule has 18 heavy (non-hydrogen) atoms. The van der Waals surface area contributed by atoms with Crippen LogP contribution in [0.4, 0.5) is 11.6 Å². The summed E-state index contributed by atoms with van der Waals surface area (Å²) in [5.74, 6) is 6.70. The number of anilines is 2. The average molecular weight is 336 g/mol. The van der Waals surface area contributed by atoms with Crippen molar-refractivity contribution < 1.29 is 8.42 Å². The quantitative estimate of drug-likeness (QED) is 0.545. The molecule has 0 saturated carbocycles. The third kappa shape index (κ3) is 3.09. The molecule has 2 rings (SSSR count). The lowest BCUT2D eigenvalue weighted by molar-refractivity contribution is 0.561. The number of nitrogen functional groups attached to an aromatic ring is 1. The van der Waals surface area contributed by atoms with E-state index < -0.39 is 9.84 Å². The second-order valence-electron chi connectivity index (χ2n) is 4.13. The maximum absolute atomic E-state index is 11.5. The molecule has 4 N–H and O–H groups in total. The Kier molecular flexibility index (Phi) is 4.03. The summed E-state index contributed by atoms with van der Waals surface area (Å²) in [6.07, 6.45) is 2.84. The predicted molar refractivity (Wildman–Crippen MR) is 72.8 cm³/mol. The normalized spacial score (nSPS) is 22.4. The first-order valence-electron chi connectivity index (χ1n) is 5.46. The number of halogens is 1. The molecule has 0 amide bonds. The molecule has 0 radical (unpaired) electrons. The number of nitrogens with one attached hydrogen (secondary N) is 2. The summed E-state index contributed by atoms with van der Waals surface area (Å²) in [5.41, 5.74) is 2.43. The fourth-order valence-electron chi connectivity index (χ4n) is 1.90. The highest BCUT2D eigenvalue weighted by atomic mass is 79.9. The molecule has 7 nitrogen and oxygen atoms in total. The summed E-state index contributed by atoms with van der Waals surface area (Å²) >= 11 is 3.32. The van der Waals surface area contributed by atoms with Gasteiger partial charge in [-0.2, -0.15) is 0 Å². The van der Waals surface area contributed by atoms with Crippen LogP contribution in [0.15, 0.2) is 10.8 Å². The highest BCUT2D eigenvalue weighted by molar-refractivity contribution is 9.10. The van der Waals surface area contributed by atoms with Gasteiger partial charge < -0.3 is 10.7 Å². The molecule has 9 heteroatoms. The van der Waals surface area contributed by atoms with Crippen LogP contribution in [-0.4, -0.2) is 35.9 Å². The van der Waals surface area contributed by atoms with Crippen LogP contribution in [-0.2, 0) is 9.84 Å². The van der Waals surface area contributed by atoms with Crippen LogP contribution >= 0.6 is 15.9 Å². The van der Waals surface area contributed by atoms with E-state index in [9.17, 15) is 8.42 Å². The van der Waals surface area contributed by atoms with Crippen molar-refractivity contribution in [3.8, 4) is 0 Å². The van der Waals surface area contributed by atoms with E-state index in [4.69, 9.17) is 5.84 Å². The zero-order valence-electron chi connectivity index (χ0n) is 9.56. The highest BCUT2D eigenvalue weighted by Gasteiger charge is 2.25. The first-order chi connectivity index (χ1) is 8.52. The standard InChI is InChI=1S/C9H14BrN5O2S/c10-7-8(12-5-13-9(7)15-11)14-6-2-1-3-18(16,17)4-6/h5-6H,1-4,11H2,(H2,12,13,14,15). The smallest absolute Gasteiger partial charge is 0.159 e. The van der Waals surface area contributed by atoms with Gasteiger partial charge in [-0.3, -0.25) is 0 Å². The number of aromatic nitrogens is 2. The minimum Gasteiger partial charge on any atom is -0.365 e. The molecule has 0 bridgehead atoms. The topological polar surface area (TPSA) is 110 Å². The van der Waals surface area contributed by atoms with Gasteiger partial charge in [0.2, 0.25) is 0 Å². The first kappa shape index (κ1) is 13.5. The van der Waals surface area contributed by atoms with Crippen molar-refractivity contribution in [2.45, 2.75) is 18.9 Å². The average Bonchev–Trinajstić information content (AvgIpc) is 2.31. The Balaban J connectivity index is 2.14. The van der Waals surface area contributed by atoms with E-state index >= 15 is 0 Å². The number of nitrogens with zero attached hydrogens (tertiary/aromatic N) is 2. The summed E-state index contributed by atoms with van der Waals surface area (Å²) in [5, 5.41) is 3.11. The van der Waals surface area contributed by atoms with Crippen LogP contribution in [0.25, 0.3) is 0 Å². The van der Waals surface area contributed by atoms with Crippen molar-refractivity contribution >= 4 is 37.4 Å². The van der Waals surface area contributed by atoms with Crippen LogP contribution in [0.1, 0.15) is 12.8 Å². The fraction of sp³-hybridized carbons (Fsp3) is 0.556. The third-order valence-electron chi connectivity index (χ3n) is 2.73. The molecule has 1 atom stereocenters. The Morgan fingerprint density at radius 2 is 2.11 bits per heavy atom. The van der Waals surface area contributed by atoms with E-state index in [1.54, 1.807) is 0 Å². The molecule has 1 saturated heterocycles. The van der Waals surface area contributed by atoms with E-state index in [-0.39, 0.29) is 17.5 Å². The van der Waals surface area contributed by atoms with Gasteiger partial charge in [0.15, 0.2) is 15.7 Å². The van der Waals surface area contributed by atoms with Crippen molar-refractivity contribution in [2.24, 2.45) is 5.84 Å². The highest BCUT2D eigenvalue weighted by Crippen LogP contribution is 2.27. The number of hydrogen-bond donors (Lipinski definition) is 3. The Hall–Kier alpha value is -0.930. The maximum Gasteiger partial charge on any atom is 0.159 e. The maximum atomic E-state index is 11.5. The molecule has 0 aromatic carbocycles. The summed E-state index contributed by atoms with van der Waals surface area (Å²) < 4.78 is 23.7. The van der Waals surface area contributed by atoms with Gasteiger partial charge in [0.1, 0.15) is 16.6 Å². The second-order valence-corrected chi connectivity index (χ2v) is 7.15. The molecule has 1 aromatic rings. The van der Waals surface area contributed by atoms with Crippen molar-refractivity contribution in [1.29, 1.82) is 0 Å². The van der Waals surface area contributed by atoms with E-state index in [1.807, 2.05) is 0 Å². The van der Waals surface area contributed by atoms with E-state index in [0.717, 1.165) is 6.42 Å². The number of hydrazine groups is 1. The van der Waals surface area contributed by atoms with Crippen molar-refractivity contribution in [1.82, 2.24) is 9.97 Å². The summed E-state index contributed by atoms with van der Waals surface area (Å²) in [6, 6.07) is -0.124. The van der Waals surface area contributed by atoms with Crippen LogP contribution in [0.5, 0.6) is 0 Å². The Morgan fingerprint density at radius 1 is 1.39 bits per heavy atom. The monoisotopic (exact) mass is 335 g/mol. The molecule has 2 heterocycles. The van der Waals surface area contributed by atoms with Gasteiger partial charge in [0, 0.05) is 6.04 Å². The summed E-state index contributed by atoms with van der Waals surface area (Å²) in [4.78, 5) is 8.00. The van der Waals surface area contributed by atoms with E-state index in [2.05, 4.69) is 36.6 Å². The molecule has 1 aliphatic heterocycles. The lowest BCUT2D eigenvalue weighted by atomic mass is 10.2. The molecular formula is C9H14BrN5O2S. The van der Waals surface area contributed by atoms with E-state index in [1.165, 1.54) is 6.33 Å². The largest absolute Gasteiger partial charge is 0.365 e. The molecule has 0 spiro atoms. The minimum atomic E-state index is -2.94. The molecule has 1 fully saturated rings. The predicted octanol–water partition coefficient (Wildman–Crippen LogP) is 0.514. The second kappa shape index (κ2) is 5.37. The molecular weight excluding hydrogens is 322 g/mol. The van der Waals surface area contributed by atoms with Gasteiger partial charge >= 0.3 is 0 Å². The summed E-state index contributed by atoms with van der Waals surface area (Å²) in [6.45, 7) is 0. The SMILES string of the molecule is NNc1ncnc(NC2CCCS(=O)(=O)C2)c1Br. The minimum absolute atomic E-state index is 0.124. The fourth-order valence-corrected chi connectivity index (χ4v) is 3.97. The Bertz CT molecular complexity index is 536. The number of nitrogens with two attached hydrogens (primary N) is 1. The molecule has 1 aromatic heterocycles. The first-order valence-corrected chi connectivity index (χ1v) is 8.07. The zero-order valence-corrected chi connectivity index (χ0v) is 12.0. The van der Waals surface area contributed by atoms with Crippen LogP contribution in [0.3, 0.4) is 0 Å². The Morgan fingerprint density at radius 3 is 2.78 bits per heavy atom. The van der Waals surface area contributed by atoms with Crippen molar-refractivity contribution in [3.05, 3.63) is 10.8 Å². The molecule has 1 aliphatic rings. The van der Waals surface area contributed by atoms with Gasteiger partial charge in [-0.15, -0.1) is 0 Å². The van der Waals surface area contributed by atoms with Gasteiger partial charge in [-0.05, 0) is 28.8 Å². The lowest BCUT2D eigenvalue weighted by Gasteiger charge is -2.24. The zero-order chi connectivity index (χ0) is 13.2. The van der Waals surface area contributed by atoms with Crippen LogP contribution < -0.4 is 16.6 Å². The Labute approximate surface area is 114 Å².